The molecule has 2 rings (SSSR count). The third-order valence-electron chi connectivity index (χ3n) is 4.57. The molecule has 0 saturated carbocycles. The number of guanidine groups is 1. The molecule has 26 heavy (non-hydrogen) atoms. The lowest BCUT2D eigenvalue weighted by atomic mass is 9.97. The maximum absolute atomic E-state index is 11.7. The third-order valence-corrected chi connectivity index (χ3v) is 4.92. The van der Waals surface area contributed by atoms with Gasteiger partial charge in [-0.05, 0) is 43.9 Å². The second-order valence-electron chi connectivity index (χ2n) is 6.23. The Morgan fingerprint density at radius 3 is 2.65 bits per heavy atom. The molecule has 6 nitrogen and oxygen atoms in total. The van der Waals surface area contributed by atoms with Gasteiger partial charge in [-0.1, -0.05) is 17.7 Å². The van der Waals surface area contributed by atoms with Crippen LogP contribution in [-0.2, 0) is 16.0 Å². The molecule has 0 unspecified atom stereocenters. The average Bonchev–Trinajstić information content (AvgIpc) is 2.68. The number of piperidine rings is 1. The van der Waals surface area contributed by atoms with Crippen LogP contribution in [0.4, 0.5) is 0 Å². The zero-order valence-electron chi connectivity index (χ0n) is 15.8. The van der Waals surface area contributed by atoms with Crippen molar-refractivity contribution in [1.82, 2.24) is 10.2 Å². The Hall–Kier alpha value is -1.95. The van der Waals surface area contributed by atoms with E-state index in [1.165, 1.54) is 7.11 Å². The summed E-state index contributed by atoms with van der Waals surface area (Å²) < 4.78 is 10.0. The maximum Gasteiger partial charge on any atom is 0.308 e. The van der Waals surface area contributed by atoms with Crippen LogP contribution in [-0.4, -0.2) is 57.2 Å². The number of esters is 1. The van der Waals surface area contributed by atoms with Gasteiger partial charge in [-0.15, -0.1) is 0 Å². The van der Waals surface area contributed by atoms with Crippen LogP contribution >= 0.6 is 11.6 Å². The van der Waals surface area contributed by atoms with Gasteiger partial charge in [0, 0.05) is 31.2 Å². The quantitative estimate of drug-likeness (QED) is 0.466. The van der Waals surface area contributed by atoms with E-state index in [0.717, 1.165) is 56.2 Å². The Labute approximate surface area is 160 Å². The van der Waals surface area contributed by atoms with Crippen LogP contribution in [0.2, 0.25) is 5.02 Å². The summed E-state index contributed by atoms with van der Waals surface area (Å²) >= 11 is 6.29. The largest absolute Gasteiger partial charge is 0.497 e. The number of benzene rings is 1. The maximum atomic E-state index is 11.7. The molecule has 1 aliphatic heterocycles. The van der Waals surface area contributed by atoms with Gasteiger partial charge in [0.25, 0.3) is 0 Å². The van der Waals surface area contributed by atoms with Gasteiger partial charge in [-0.25, -0.2) is 0 Å². The van der Waals surface area contributed by atoms with Gasteiger partial charge >= 0.3 is 5.97 Å². The van der Waals surface area contributed by atoms with E-state index in [-0.39, 0.29) is 11.9 Å². The second kappa shape index (κ2) is 10.3. The van der Waals surface area contributed by atoms with Crippen molar-refractivity contribution < 1.29 is 14.3 Å². The lowest BCUT2D eigenvalue weighted by molar-refractivity contribution is -0.146. The minimum Gasteiger partial charge on any atom is -0.497 e. The van der Waals surface area contributed by atoms with Gasteiger partial charge in [0.05, 0.1) is 20.1 Å². The smallest absolute Gasteiger partial charge is 0.308 e. The molecule has 1 saturated heterocycles. The molecule has 0 spiro atoms. The Balaban J connectivity index is 1.94. The molecule has 1 heterocycles. The number of aliphatic imine (C=N–C) groups is 1. The number of ether oxygens (including phenoxy) is 2. The summed E-state index contributed by atoms with van der Waals surface area (Å²) in [6.07, 6.45) is 2.35. The number of methoxy groups -OCH3 is 2. The molecule has 1 N–H and O–H groups in total. The standard InChI is InChI=1S/C19H28ClN3O3/c1-4-21-19(23-11-8-15(9-12-23)18(24)26-3)22-10-7-14-5-6-16(25-2)13-17(14)20/h5-6,13,15H,4,7-12H2,1-3H3,(H,21,22). The number of likely N-dealkylation sites (tertiary alicyclic amines) is 1. The highest BCUT2D eigenvalue weighted by Gasteiger charge is 2.26. The Kier molecular flexibility index (Phi) is 8.04. The summed E-state index contributed by atoms with van der Waals surface area (Å²) in [4.78, 5) is 18.6. The van der Waals surface area contributed by atoms with E-state index in [2.05, 4.69) is 17.1 Å². The molecular formula is C19H28ClN3O3. The summed E-state index contributed by atoms with van der Waals surface area (Å²) in [5.41, 5.74) is 1.05. The zero-order chi connectivity index (χ0) is 18.9. The van der Waals surface area contributed by atoms with Crippen LogP contribution in [0.3, 0.4) is 0 Å². The fraction of sp³-hybridized carbons (Fsp3) is 0.579. The third kappa shape index (κ3) is 5.53. The number of nitrogens with one attached hydrogen (secondary N) is 1. The first-order valence-corrected chi connectivity index (χ1v) is 9.40. The Morgan fingerprint density at radius 2 is 2.08 bits per heavy atom. The molecule has 0 atom stereocenters. The van der Waals surface area contributed by atoms with E-state index in [4.69, 9.17) is 26.1 Å². The van der Waals surface area contributed by atoms with Gasteiger partial charge < -0.3 is 19.7 Å². The summed E-state index contributed by atoms with van der Waals surface area (Å²) in [7, 11) is 3.08. The molecule has 0 radical (unpaired) electrons. The van der Waals surface area contributed by atoms with Crippen molar-refractivity contribution in [1.29, 1.82) is 0 Å². The van der Waals surface area contributed by atoms with Crippen LogP contribution in [0.15, 0.2) is 23.2 Å². The van der Waals surface area contributed by atoms with Crippen molar-refractivity contribution in [2.24, 2.45) is 10.9 Å². The van der Waals surface area contributed by atoms with Gasteiger partial charge in [-0.3, -0.25) is 9.79 Å². The van der Waals surface area contributed by atoms with Crippen LogP contribution in [0.5, 0.6) is 5.75 Å². The SMILES string of the molecule is CCNC(=NCCc1ccc(OC)cc1Cl)N1CCC(C(=O)OC)CC1. The van der Waals surface area contributed by atoms with E-state index in [9.17, 15) is 4.79 Å². The average molecular weight is 382 g/mol. The minimum atomic E-state index is -0.110. The molecule has 1 aliphatic rings. The van der Waals surface area contributed by atoms with E-state index in [0.29, 0.717) is 11.6 Å². The number of rotatable bonds is 6. The number of carbonyl (C=O) groups is 1. The van der Waals surface area contributed by atoms with Crippen molar-refractivity contribution >= 4 is 23.5 Å². The Bertz CT molecular complexity index is 628. The normalized spacial score (nSPS) is 15.7. The molecule has 1 aromatic carbocycles. The fourth-order valence-corrected chi connectivity index (χ4v) is 3.32. The summed E-state index contributed by atoms with van der Waals surface area (Å²) in [6.45, 7) is 5.10. The molecule has 0 bridgehead atoms. The number of hydrogen-bond donors (Lipinski definition) is 1. The molecule has 1 aromatic rings. The van der Waals surface area contributed by atoms with Gasteiger partial charge in [0.1, 0.15) is 5.75 Å². The van der Waals surface area contributed by atoms with Crippen molar-refractivity contribution in [3.05, 3.63) is 28.8 Å². The number of carbonyl (C=O) groups excluding carboxylic acids is 1. The second-order valence-corrected chi connectivity index (χ2v) is 6.63. The monoisotopic (exact) mass is 381 g/mol. The highest BCUT2D eigenvalue weighted by atomic mass is 35.5. The van der Waals surface area contributed by atoms with Crippen molar-refractivity contribution in [3.63, 3.8) is 0 Å². The fourth-order valence-electron chi connectivity index (χ4n) is 3.06. The van der Waals surface area contributed by atoms with Crippen LogP contribution in [0.1, 0.15) is 25.3 Å². The molecule has 0 aromatic heterocycles. The lowest BCUT2D eigenvalue weighted by Crippen LogP contribution is -2.46. The predicted molar refractivity (Wildman–Crippen MR) is 104 cm³/mol. The van der Waals surface area contributed by atoms with Gasteiger partial charge in [0.15, 0.2) is 5.96 Å². The Morgan fingerprint density at radius 1 is 1.35 bits per heavy atom. The van der Waals surface area contributed by atoms with Gasteiger partial charge in [-0.2, -0.15) is 0 Å². The molecule has 0 amide bonds. The molecule has 1 fully saturated rings. The number of nitrogens with zero attached hydrogens (tertiary/aromatic N) is 2. The van der Waals surface area contributed by atoms with Gasteiger partial charge in [0.2, 0.25) is 0 Å². The molecule has 144 valence electrons. The van der Waals surface area contributed by atoms with Crippen molar-refractivity contribution in [2.45, 2.75) is 26.2 Å². The molecule has 0 aliphatic carbocycles. The first-order chi connectivity index (χ1) is 12.6. The zero-order valence-corrected chi connectivity index (χ0v) is 16.5. The van der Waals surface area contributed by atoms with E-state index in [1.54, 1.807) is 7.11 Å². The lowest BCUT2D eigenvalue weighted by Gasteiger charge is -2.33. The van der Waals surface area contributed by atoms with Crippen molar-refractivity contribution in [3.8, 4) is 5.75 Å². The topological polar surface area (TPSA) is 63.2 Å². The molecular weight excluding hydrogens is 354 g/mol. The van der Waals surface area contributed by atoms with E-state index >= 15 is 0 Å². The van der Waals surface area contributed by atoms with Crippen LogP contribution in [0, 0.1) is 5.92 Å². The summed E-state index contributed by atoms with van der Waals surface area (Å²) in [5.74, 6) is 1.53. The van der Waals surface area contributed by atoms with E-state index in [1.807, 2.05) is 18.2 Å². The number of hydrogen-bond acceptors (Lipinski definition) is 4. The summed E-state index contributed by atoms with van der Waals surface area (Å²) in [5, 5.41) is 4.03. The first kappa shape index (κ1) is 20.4. The predicted octanol–water partition coefficient (Wildman–Crippen LogP) is 2.74. The summed E-state index contributed by atoms with van der Waals surface area (Å²) in [6, 6.07) is 5.71. The van der Waals surface area contributed by atoms with E-state index < -0.39 is 0 Å². The first-order valence-electron chi connectivity index (χ1n) is 9.02. The van der Waals surface area contributed by atoms with Crippen molar-refractivity contribution in [2.75, 3.05) is 40.4 Å². The van der Waals surface area contributed by atoms with Crippen LogP contribution < -0.4 is 10.1 Å². The molecule has 7 heteroatoms. The van der Waals surface area contributed by atoms with Crippen LogP contribution in [0.25, 0.3) is 0 Å². The highest BCUT2D eigenvalue weighted by Crippen LogP contribution is 2.23. The highest BCUT2D eigenvalue weighted by molar-refractivity contribution is 6.31. The number of halogens is 1. The minimum absolute atomic E-state index is 0.00256.